The fourth-order valence-electron chi connectivity index (χ4n) is 4.23. The largest absolute Gasteiger partial charge is 0.504 e. The van der Waals surface area contributed by atoms with Gasteiger partial charge in [0.1, 0.15) is 18.3 Å². The average molecular weight is 633 g/mol. The van der Waals surface area contributed by atoms with Gasteiger partial charge in [0.05, 0.1) is 6.42 Å². The molecule has 0 radical (unpaired) electrons. The Kier molecular flexibility index (Phi) is 10.7. The number of aromatic hydroxyl groups is 4. The van der Waals surface area contributed by atoms with Gasteiger partial charge in [0.2, 0.25) is 5.60 Å². The number of aliphatic hydroxyl groups is 2. The van der Waals surface area contributed by atoms with E-state index in [2.05, 4.69) is 0 Å². The van der Waals surface area contributed by atoms with Crippen molar-refractivity contribution < 1.29 is 79.0 Å². The molecular formula is C29H28O16. The first-order chi connectivity index (χ1) is 21.1. The van der Waals surface area contributed by atoms with Gasteiger partial charge < -0.3 is 55.1 Å². The van der Waals surface area contributed by atoms with Gasteiger partial charge in [-0.3, -0.25) is 4.79 Å². The minimum Gasteiger partial charge on any atom is -0.504 e. The number of hydrogen-bond acceptors (Lipinski definition) is 14. The van der Waals surface area contributed by atoms with E-state index < -0.39 is 102 Å². The van der Waals surface area contributed by atoms with E-state index in [1.54, 1.807) is 0 Å². The van der Waals surface area contributed by atoms with E-state index in [1.807, 2.05) is 0 Å². The third-order valence-electron chi connectivity index (χ3n) is 6.53. The summed E-state index contributed by atoms with van der Waals surface area (Å²) >= 11 is 0. The van der Waals surface area contributed by atoms with Crippen LogP contribution in [0.2, 0.25) is 0 Å². The maximum Gasteiger partial charge on any atom is 0.348 e. The molecule has 240 valence electrons. The zero-order chi connectivity index (χ0) is 33.5. The predicted octanol–water partition coefficient (Wildman–Crippen LogP) is 0.416. The SMILES string of the molecule is O=C(/C=C/c1ccc(O)c(O)c1)O[C@@H]1C[C@](OC(=O)/C=C/c2ccc(O)c(O)c2)(C(=O)O)C[C@@H](OC(=O)CC(O)C(=O)O)[C@H]1O. The highest BCUT2D eigenvalue weighted by molar-refractivity contribution is 5.91. The van der Waals surface area contributed by atoms with E-state index in [9.17, 15) is 59.7 Å². The summed E-state index contributed by atoms with van der Waals surface area (Å²) in [4.78, 5) is 61.0. The van der Waals surface area contributed by atoms with Gasteiger partial charge in [-0.2, -0.15) is 0 Å². The summed E-state index contributed by atoms with van der Waals surface area (Å²) in [5.41, 5.74) is -2.14. The van der Waals surface area contributed by atoms with Crippen molar-refractivity contribution in [3.05, 3.63) is 59.7 Å². The number of aliphatic carboxylic acids is 2. The first kappa shape index (κ1) is 33.9. The quantitative estimate of drug-likeness (QED) is 0.0721. The lowest BCUT2D eigenvalue weighted by Crippen LogP contribution is -2.59. The first-order valence-electron chi connectivity index (χ1n) is 13.0. The molecule has 0 saturated heterocycles. The third-order valence-corrected chi connectivity index (χ3v) is 6.53. The Morgan fingerprint density at radius 3 is 1.73 bits per heavy atom. The molecule has 2 aromatic rings. The lowest BCUT2D eigenvalue weighted by atomic mass is 9.79. The van der Waals surface area contributed by atoms with Gasteiger partial charge in [-0.05, 0) is 47.5 Å². The van der Waals surface area contributed by atoms with Gasteiger partial charge in [-0.1, -0.05) is 12.1 Å². The van der Waals surface area contributed by atoms with E-state index in [4.69, 9.17) is 19.3 Å². The number of esters is 3. The smallest absolute Gasteiger partial charge is 0.348 e. The maximum atomic E-state index is 12.7. The summed E-state index contributed by atoms with van der Waals surface area (Å²) in [6, 6.07) is 7.10. The van der Waals surface area contributed by atoms with Gasteiger partial charge in [-0.15, -0.1) is 0 Å². The van der Waals surface area contributed by atoms with E-state index in [-0.39, 0.29) is 11.1 Å². The minimum absolute atomic E-state index is 0.204. The molecule has 8 N–H and O–H groups in total. The summed E-state index contributed by atoms with van der Waals surface area (Å²) in [6.07, 6.45) is -6.66. The normalized spacial score (nSPS) is 22.0. The van der Waals surface area contributed by atoms with Crippen molar-refractivity contribution in [3.63, 3.8) is 0 Å². The number of carboxylic acids is 2. The topological polar surface area (TPSA) is 275 Å². The number of benzene rings is 2. The van der Waals surface area contributed by atoms with Crippen molar-refractivity contribution in [2.75, 3.05) is 0 Å². The molecule has 16 heteroatoms. The average Bonchev–Trinajstić information content (AvgIpc) is 2.96. The second kappa shape index (κ2) is 14.2. The molecule has 16 nitrogen and oxygen atoms in total. The molecule has 1 unspecified atom stereocenters. The molecule has 3 rings (SSSR count). The lowest BCUT2D eigenvalue weighted by Gasteiger charge is -2.42. The van der Waals surface area contributed by atoms with Gasteiger partial charge in [0.15, 0.2) is 29.1 Å². The van der Waals surface area contributed by atoms with Crippen LogP contribution < -0.4 is 0 Å². The minimum atomic E-state index is -2.58. The highest BCUT2D eigenvalue weighted by Gasteiger charge is 2.56. The second-order valence-electron chi connectivity index (χ2n) is 9.84. The molecule has 5 atom stereocenters. The van der Waals surface area contributed by atoms with Crippen LogP contribution >= 0.6 is 0 Å². The number of aliphatic hydroxyl groups excluding tert-OH is 2. The number of carboxylic acid groups (broad SMARTS) is 2. The van der Waals surface area contributed by atoms with Crippen molar-refractivity contribution in [2.45, 2.75) is 49.3 Å². The van der Waals surface area contributed by atoms with Crippen LogP contribution in [0.15, 0.2) is 48.6 Å². The number of phenols is 4. The summed E-state index contributed by atoms with van der Waals surface area (Å²) in [7, 11) is 0. The van der Waals surface area contributed by atoms with Crippen LogP contribution in [0.3, 0.4) is 0 Å². The van der Waals surface area contributed by atoms with Crippen molar-refractivity contribution in [2.24, 2.45) is 0 Å². The summed E-state index contributed by atoms with van der Waals surface area (Å²) in [5.74, 6) is -9.20. The Balaban J connectivity index is 1.87. The lowest BCUT2D eigenvalue weighted by molar-refractivity contribution is -0.213. The monoisotopic (exact) mass is 632 g/mol. The first-order valence-corrected chi connectivity index (χ1v) is 13.0. The molecule has 0 aliphatic heterocycles. The number of carbonyl (C=O) groups is 5. The van der Waals surface area contributed by atoms with Gasteiger partial charge in [-0.25, -0.2) is 19.2 Å². The van der Waals surface area contributed by atoms with Crippen LogP contribution in [0.5, 0.6) is 23.0 Å². The molecule has 0 amide bonds. The zero-order valence-electron chi connectivity index (χ0n) is 23.0. The Labute approximate surface area is 253 Å². The summed E-state index contributed by atoms with van der Waals surface area (Å²) in [6.45, 7) is 0. The molecule has 1 aliphatic rings. The Bertz CT molecular complexity index is 1530. The van der Waals surface area contributed by atoms with Crippen molar-refractivity contribution in [1.82, 2.24) is 0 Å². The van der Waals surface area contributed by atoms with Crippen LogP contribution in [0.25, 0.3) is 12.2 Å². The number of ether oxygens (including phenoxy) is 3. The third kappa shape index (κ3) is 8.94. The molecule has 1 aliphatic carbocycles. The van der Waals surface area contributed by atoms with Gasteiger partial charge in [0, 0.05) is 25.0 Å². The van der Waals surface area contributed by atoms with E-state index in [1.165, 1.54) is 12.1 Å². The molecule has 0 bridgehead atoms. The van der Waals surface area contributed by atoms with E-state index in [0.29, 0.717) is 0 Å². The van der Waals surface area contributed by atoms with Crippen molar-refractivity contribution in [1.29, 1.82) is 0 Å². The summed E-state index contributed by atoms with van der Waals surface area (Å²) in [5, 5.41) is 77.3. The van der Waals surface area contributed by atoms with Crippen LogP contribution in [0, 0.1) is 0 Å². The zero-order valence-corrected chi connectivity index (χ0v) is 23.0. The fourth-order valence-corrected chi connectivity index (χ4v) is 4.23. The number of carbonyl (C=O) groups excluding carboxylic acids is 3. The maximum absolute atomic E-state index is 12.7. The molecular weight excluding hydrogens is 604 g/mol. The molecule has 1 saturated carbocycles. The molecule has 0 spiro atoms. The molecule has 0 heterocycles. The van der Waals surface area contributed by atoms with Crippen molar-refractivity contribution >= 4 is 42.0 Å². The number of phenolic OH excluding ortho intramolecular Hbond substituents is 4. The molecule has 1 fully saturated rings. The van der Waals surface area contributed by atoms with Crippen LogP contribution in [-0.2, 0) is 38.2 Å². The second-order valence-corrected chi connectivity index (χ2v) is 9.84. The van der Waals surface area contributed by atoms with Gasteiger partial charge >= 0.3 is 29.8 Å². The number of rotatable bonds is 11. The van der Waals surface area contributed by atoms with Gasteiger partial charge in [0.25, 0.3) is 0 Å². The molecule has 45 heavy (non-hydrogen) atoms. The predicted molar refractivity (Wildman–Crippen MR) is 147 cm³/mol. The Hall–Kier alpha value is -5.61. The Morgan fingerprint density at radius 1 is 0.778 bits per heavy atom. The standard InChI is InChI=1S/C29H28O16/c30-16-5-1-14(9-18(16)32)3-7-23(35)43-21-12-29(28(41)42,13-22(26(21)38)44-25(37)11-20(34)27(39)40)45-24(36)8-4-15-2-6-17(31)19(33)10-15/h1-10,20-22,26,30-34,38H,11-13H2,(H,39,40)(H,41,42)/b7-3+,8-4+/t20?,21-,22-,26+,29-/m1/s1. The Morgan fingerprint density at radius 2 is 1.27 bits per heavy atom. The fraction of sp³-hybridized carbons (Fsp3) is 0.276. The number of hydrogen-bond donors (Lipinski definition) is 8. The summed E-state index contributed by atoms with van der Waals surface area (Å²) < 4.78 is 15.5. The van der Waals surface area contributed by atoms with Crippen LogP contribution in [-0.4, -0.2) is 101 Å². The highest BCUT2D eigenvalue weighted by atomic mass is 16.6. The highest BCUT2D eigenvalue weighted by Crippen LogP contribution is 2.37. The van der Waals surface area contributed by atoms with Crippen LogP contribution in [0.4, 0.5) is 0 Å². The van der Waals surface area contributed by atoms with E-state index in [0.717, 1.165) is 48.6 Å². The van der Waals surface area contributed by atoms with Crippen molar-refractivity contribution in [3.8, 4) is 23.0 Å². The van der Waals surface area contributed by atoms with E-state index >= 15 is 0 Å². The molecule has 0 aromatic heterocycles. The van der Waals surface area contributed by atoms with Crippen LogP contribution in [0.1, 0.15) is 30.4 Å². The molecule has 2 aromatic carbocycles.